The van der Waals surface area contributed by atoms with E-state index in [2.05, 4.69) is 71.8 Å². The zero-order valence-corrected chi connectivity index (χ0v) is 16.0. The van der Waals surface area contributed by atoms with Crippen molar-refractivity contribution in [2.75, 3.05) is 23.7 Å². The standard InChI is InChI=1S/C23H26N4/c1-16-10-17(2)14-26(13-16)23-22(25)11-20(12-24)27(23)15-19-8-5-7-18-6-3-4-9-21(18)19/h3-9,11,16-17H,10,13-15,25H2,1-2H3/t16-,17-/m0/s1. The number of nitrogen functional groups attached to an aromatic ring is 1. The average molecular weight is 358 g/mol. The first-order chi connectivity index (χ1) is 13.1. The first kappa shape index (κ1) is 17.5. The van der Waals surface area contributed by atoms with E-state index in [1.54, 1.807) is 0 Å². The van der Waals surface area contributed by atoms with Gasteiger partial charge in [0.1, 0.15) is 17.6 Å². The average Bonchev–Trinajstić information content (AvgIpc) is 2.96. The van der Waals surface area contributed by atoms with Gasteiger partial charge in [-0.2, -0.15) is 5.26 Å². The molecule has 0 unspecified atom stereocenters. The number of nitrogens with zero attached hydrogens (tertiary/aromatic N) is 3. The van der Waals surface area contributed by atoms with E-state index in [-0.39, 0.29) is 0 Å². The molecule has 1 saturated heterocycles. The van der Waals surface area contributed by atoms with Crippen molar-refractivity contribution >= 4 is 22.3 Å². The quantitative estimate of drug-likeness (QED) is 0.743. The molecule has 3 aromatic rings. The Labute approximate surface area is 160 Å². The zero-order chi connectivity index (χ0) is 19.0. The largest absolute Gasteiger partial charge is 0.396 e. The van der Waals surface area contributed by atoms with E-state index in [0.29, 0.717) is 29.8 Å². The van der Waals surface area contributed by atoms with Gasteiger partial charge in [0.05, 0.1) is 12.2 Å². The Kier molecular flexibility index (Phi) is 4.53. The van der Waals surface area contributed by atoms with Crippen LogP contribution >= 0.6 is 0 Å². The summed E-state index contributed by atoms with van der Waals surface area (Å²) in [6.45, 7) is 7.21. The fourth-order valence-corrected chi connectivity index (χ4v) is 4.60. The molecule has 1 aliphatic heterocycles. The predicted octanol–water partition coefficient (Wildman–Crippen LogP) is 4.63. The molecule has 2 N–H and O–H groups in total. The molecular weight excluding hydrogens is 332 g/mol. The fraction of sp³-hybridized carbons (Fsp3) is 0.348. The van der Waals surface area contributed by atoms with Crippen molar-refractivity contribution in [2.24, 2.45) is 11.8 Å². The van der Waals surface area contributed by atoms with Gasteiger partial charge in [0, 0.05) is 13.1 Å². The summed E-state index contributed by atoms with van der Waals surface area (Å²) in [6, 6.07) is 18.9. The number of aromatic nitrogens is 1. The summed E-state index contributed by atoms with van der Waals surface area (Å²) in [4.78, 5) is 2.38. The Morgan fingerprint density at radius 2 is 1.78 bits per heavy atom. The van der Waals surface area contributed by atoms with Crippen LogP contribution in [0, 0.1) is 23.2 Å². The highest BCUT2D eigenvalue weighted by Crippen LogP contribution is 2.34. The number of hydrogen-bond donors (Lipinski definition) is 1. The summed E-state index contributed by atoms with van der Waals surface area (Å²) in [7, 11) is 0. The third kappa shape index (κ3) is 3.26. The van der Waals surface area contributed by atoms with Gasteiger partial charge in [0.25, 0.3) is 0 Å². The molecule has 0 aliphatic carbocycles. The second-order valence-corrected chi connectivity index (χ2v) is 8.00. The molecule has 1 aromatic heterocycles. The first-order valence-corrected chi connectivity index (χ1v) is 9.67. The van der Waals surface area contributed by atoms with Crippen LogP contribution in [0.1, 0.15) is 31.5 Å². The normalized spacial score (nSPS) is 20.0. The monoisotopic (exact) mass is 358 g/mol. The Morgan fingerprint density at radius 3 is 2.52 bits per heavy atom. The molecule has 0 bridgehead atoms. The van der Waals surface area contributed by atoms with Gasteiger partial charge in [0.15, 0.2) is 0 Å². The summed E-state index contributed by atoms with van der Waals surface area (Å²) in [6.07, 6.45) is 1.24. The molecule has 0 saturated carbocycles. The molecule has 138 valence electrons. The van der Waals surface area contributed by atoms with Crippen LogP contribution < -0.4 is 10.6 Å². The van der Waals surface area contributed by atoms with E-state index < -0.39 is 0 Å². The summed E-state index contributed by atoms with van der Waals surface area (Å²) in [5, 5.41) is 12.1. The molecular formula is C23H26N4. The fourth-order valence-electron chi connectivity index (χ4n) is 4.60. The maximum atomic E-state index is 9.70. The zero-order valence-electron chi connectivity index (χ0n) is 16.0. The molecule has 27 heavy (non-hydrogen) atoms. The first-order valence-electron chi connectivity index (χ1n) is 9.67. The number of nitriles is 1. The lowest BCUT2D eigenvalue weighted by Gasteiger charge is -2.37. The number of piperidine rings is 1. The highest BCUT2D eigenvalue weighted by molar-refractivity contribution is 5.85. The van der Waals surface area contributed by atoms with Gasteiger partial charge in [-0.25, -0.2) is 0 Å². The van der Waals surface area contributed by atoms with Crippen LogP contribution in [0.4, 0.5) is 11.5 Å². The topological polar surface area (TPSA) is 58.0 Å². The van der Waals surface area contributed by atoms with Crippen molar-refractivity contribution in [2.45, 2.75) is 26.8 Å². The van der Waals surface area contributed by atoms with Crippen molar-refractivity contribution in [1.29, 1.82) is 5.26 Å². The summed E-state index contributed by atoms with van der Waals surface area (Å²) in [5.41, 5.74) is 8.93. The van der Waals surface area contributed by atoms with Crippen LogP contribution in [-0.4, -0.2) is 17.7 Å². The van der Waals surface area contributed by atoms with E-state index in [4.69, 9.17) is 5.73 Å². The van der Waals surface area contributed by atoms with E-state index in [1.165, 1.54) is 22.8 Å². The van der Waals surface area contributed by atoms with Gasteiger partial charge in [-0.05, 0) is 40.7 Å². The number of hydrogen-bond acceptors (Lipinski definition) is 3. The lowest BCUT2D eigenvalue weighted by Crippen LogP contribution is -2.40. The minimum Gasteiger partial charge on any atom is -0.396 e. The van der Waals surface area contributed by atoms with Crippen molar-refractivity contribution in [3.63, 3.8) is 0 Å². The van der Waals surface area contributed by atoms with Gasteiger partial charge in [-0.15, -0.1) is 0 Å². The van der Waals surface area contributed by atoms with Crippen LogP contribution in [0.2, 0.25) is 0 Å². The molecule has 2 atom stereocenters. The number of rotatable bonds is 3. The third-order valence-corrected chi connectivity index (χ3v) is 5.59. The highest BCUT2D eigenvalue weighted by Gasteiger charge is 2.27. The Balaban J connectivity index is 1.79. The van der Waals surface area contributed by atoms with E-state index in [1.807, 2.05) is 6.07 Å². The molecule has 0 spiro atoms. The summed E-state index contributed by atoms with van der Waals surface area (Å²) in [5.74, 6) is 2.25. The lowest BCUT2D eigenvalue weighted by molar-refractivity contribution is 0.353. The number of nitrogens with two attached hydrogens (primary N) is 1. The Hall–Kier alpha value is -2.93. The van der Waals surface area contributed by atoms with E-state index in [0.717, 1.165) is 18.9 Å². The van der Waals surface area contributed by atoms with E-state index >= 15 is 0 Å². The molecule has 4 heteroatoms. The summed E-state index contributed by atoms with van der Waals surface area (Å²) >= 11 is 0. The molecule has 1 fully saturated rings. The molecule has 1 aliphatic rings. The summed E-state index contributed by atoms with van der Waals surface area (Å²) < 4.78 is 2.10. The SMILES string of the molecule is C[C@H]1C[C@H](C)CN(c2c(N)cc(C#N)n2Cc2cccc3ccccc23)C1. The van der Waals surface area contributed by atoms with Gasteiger partial charge in [-0.3, -0.25) is 0 Å². The van der Waals surface area contributed by atoms with Gasteiger partial charge < -0.3 is 15.2 Å². The van der Waals surface area contributed by atoms with Crippen LogP contribution in [0.3, 0.4) is 0 Å². The minimum absolute atomic E-state index is 0.625. The predicted molar refractivity (Wildman–Crippen MR) is 112 cm³/mol. The van der Waals surface area contributed by atoms with Gasteiger partial charge in [0.2, 0.25) is 0 Å². The van der Waals surface area contributed by atoms with Crippen LogP contribution in [0.15, 0.2) is 48.5 Å². The maximum absolute atomic E-state index is 9.70. The van der Waals surface area contributed by atoms with Crippen LogP contribution in [-0.2, 0) is 6.54 Å². The molecule has 4 rings (SSSR count). The van der Waals surface area contributed by atoms with Gasteiger partial charge >= 0.3 is 0 Å². The van der Waals surface area contributed by atoms with Crippen molar-refractivity contribution in [3.8, 4) is 6.07 Å². The molecule has 4 nitrogen and oxygen atoms in total. The van der Waals surface area contributed by atoms with Crippen LogP contribution in [0.25, 0.3) is 10.8 Å². The Morgan fingerprint density at radius 1 is 1.07 bits per heavy atom. The number of anilines is 2. The van der Waals surface area contributed by atoms with Crippen LogP contribution in [0.5, 0.6) is 0 Å². The second kappa shape index (κ2) is 7.00. The molecule has 0 radical (unpaired) electrons. The smallest absolute Gasteiger partial charge is 0.133 e. The number of benzene rings is 2. The lowest BCUT2D eigenvalue weighted by atomic mass is 9.92. The van der Waals surface area contributed by atoms with Crippen molar-refractivity contribution in [3.05, 3.63) is 59.8 Å². The highest BCUT2D eigenvalue weighted by atomic mass is 15.3. The Bertz CT molecular complexity index is 996. The van der Waals surface area contributed by atoms with Crippen molar-refractivity contribution in [1.82, 2.24) is 4.57 Å². The second-order valence-electron chi connectivity index (χ2n) is 8.00. The number of fused-ring (bicyclic) bond motifs is 1. The van der Waals surface area contributed by atoms with Gasteiger partial charge in [-0.1, -0.05) is 56.3 Å². The van der Waals surface area contributed by atoms with E-state index in [9.17, 15) is 5.26 Å². The van der Waals surface area contributed by atoms with Crippen molar-refractivity contribution < 1.29 is 0 Å². The molecule has 2 heterocycles. The minimum atomic E-state index is 0.625. The third-order valence-electron chi connectivity index (χ3n) is 5.59. The maximum Gasteiger partial charge on any atom is 0.133 e. The molecule has 2 aromatic carbocycles. The molecule has 0 amide bonds.